The Balaban J connectivity index is 1.90. The topological polar surface area (TPSA) is 0 Å². The van der Waals surface area contributed by atoms with Crippen LogP contribution in [0.25, 0.3) is 20.2 Å². The molecule has 0 aliphatic carbocycles. The molecule has 0 N–H and O–H groups in total. The van der Waals surface area contributed by atoms with Crippen molar-refractivity contribution >= 4 is 34.0 Å². The molecule has 0 nitrogen and oxygen atoms in total. The maximum atomic E-state index is 2.38. The third-order valence-corrected chi connectivity index (χ3v) is 6.65. The van der Waals surface area contributed by atoms with Gasteiger partial charge in [0.05, 0.1) is 4.88 Å². The molecule has 0 aliphatic heterocycles. The summed E-state index contributed by atoms with van der Waals surface area (Å²) in [5.74, 6) is 0. The summed E-state index contributed by atoms with van der Waals surface area (Å²) in [4.78, 5) is 4.28. The fraction of sp³-hybridized carbons (Fsp3) is 0.333. The van der Waals surface area contributed by atoms with E-state index in [-0.39, 0.29) is 0 Å². The molecule has 110 valence electrons. The van der Waals surface area contributed by atoms with Gasteiger partial charge in [-0.2, -0.15) is 0 Å². The normalized spacial score (nSPS) is 11.1. The van der Waals surface area contributed by atoms with Crippen molar-refractivity contribution in [3.05, 3.63) is 46.0 Å². The summed E-state index contributed by atoms with van der Waals surface area (Å²) < 4.78 is 0. The lowest BCUT2D eigenvalue weighted by molar-refractivity contribution is 0.668. The minimum Gasteiger partial charge on any atom is -0.144 e. The molecule has 0 atom stereocenters. The van der Waals surface area contributed by atoms with Crippen molar-refractivity contribution in [2.24, 2.45) is 0 Å². The van der Waals surface area contributed by atoms with Crippen LogP contribution >= 0.6 is 34.0 Å². The molecule has 0 unspecified atom stereocenters. The van der Waals surface area contributed by atoms with E-state index in [2.05, 4.69) is 47.3 Å². The molecule has 0 saturated carbocycles. The predicted octanol–water partition coefficient (Wildman–Crippen LogP) is 7.33. The first-order valence-corrected chi connectivity index (χ1v) is 10.2. The minimum atomic E-state index is 1.22. The van der Waals surface area contributed by atoms with Gasteiger partial charge in [0.2, 0.25) is 0 Å². The maximum absolute atomic E-state index is 2.38. The molecule has 3 rings (SSSR count). The third-order valence-electron chi connectivity index (χ3n) is 3.68. The van der Waals surface area contributed by atoms with Gasteiger partial charge >= 0.3 is 0 Å². The molecule has 0 aliphatic rings. The van der Waals surface area contributed by atoms with Crippen molar-refractivity contribution in [2.45, 2.75) is 39.0 Å². The standard InChI is InChI=1S/C18H20S3/c1-2-3-4-5-8-14-13-21-18(16-10-7-12-20-16)17(14)15-9-6-11-19-15/h6-7,9-13H,2-5,8H2,1H3. The van der Waals surface area contributed by atoms with Crippen molar-refractivity contribution in [2.75, 3.05) is 0 Å². The van der Waals surface area contributed by atoms with E-state index in [0.29, 0.717) is 0 Å². The lowest BCUT2D eigenvalue weighted by atomic mass is 10.0. The highest BCUT2D eigenvalue weighted by molar-refractivity contribution is 7.21. The molecule has 0 amide bonds. The Hall–Kier alpha value is -0.900. The Labute approximate surface area is 139 Å². The Bertz CT molecular complexity index is 645. The summed E-state index contributed by atoms with van der Waals surface area (Å²) in [5.41, 5.74) is 3.04. The molecule has 0 radical (unpaired) electrons. The molecule has 21 heavy (non-hydrogen) atoms. The highest BCUT2D eigenvalue weighted by Crippen LogP contribution is 2.43. The van der Waals surface area contributed by atoms with Gasteiger partial charge in [-0.25, -0.2) is 0 Å². The van der Waals surface area contributed by atoms with Gasteiger partial charge in [0.1, 0.15) is 0 Å². The second-order valence-corrected chi connectivity index (χ2v) is 8.01. The first-order valence-electron chi connectivity index (χ1n) is 7.58. The smallest absolute Gasteiger partial charge is 0.0531 e. The summed E-state index contributed by atoms with van der Waals surface area (Å²) in [6, 6.07) is 8.82. The van der Waals surface area contributed by atoms with Gasteiger partial charge in [0.25, 0.3) is 0 Å². The van der Waals surface area contributed by atoms with Crippen LogP contribution in [0.15, 0.2) is 40.4 Å². The van der Waals surface area contributed by atoms with Crippen molar-refractivity contribution in [1.82, 2.24) is 0 Å². The zero-order chi connectivity index (χ0) is 14.5. The van der Waals surface area contributed by atoms with Gasteiger partial charge in [-0.1, -0.05) is 38.3 Å². The Morgan fingerprint density at radius 3 is 2.29 bits per heavy atom. The van der Waals surface area contributed by atoms with Crippen LogP contribution in [0.4, 0.5) is 0 Å². The number of aryl methyl sites for hydroxylation is 1. The lowest BCUT2D eigenvalue weighted by Crippen LogP contribution is -1.86. The van der Waals surface area contributed by atoms with Crippen LogP contribution in [0, 0.1) is 0 Å². The molecule has 3 heteroatoms. The average Bonchev–Trinajstić information content (AvgIpc) is 3.22. The largest absolute Gasteiger partial charge is 0.144 e. The zero-order valence-electron chi connectivity index (χ0n) is 12.3. The highest BCUT2D eigenvalue weighted by atomic mass is 32.1. The number of unbranched alkanes of at least 4 members (excludes halogenated alkanes) is 3. The van der Waals surface area contributed by atoms with Gasteiger partial charge in [-0.3, -0.25) is 0 Å². The summed E-state index contributed by atoms with van der Waals surface area (Å²) in [5, 5.41) is 6.75. The van der Waals surface area contributed by atoms with E-state index in [1.807, 2.05) is 34.0 Å². The van der Waals surface area contributed by atoms with Crippen LogP contribution in [-0.2, 0) is 6.42 Å². The van der Waals surface area contributed by atoms with E-state index in [4.69, 9.17) is 0 Å². The molecule has 0 bridgehead atoms. The number of hydrogen-bond acceptors (Lipinski definition) is 3. The Morgan fingerprint density at radius 1 is 0.857 bits per heavy atom. The van der Waals surface area contributed by atoms with E-state index >= 15 is 0 Å². The Kier molecular flexibility index (Phi) is 5.28. The molecule has 3 aromatic heterocycles. The van der Waals surface area contributed by atoms with Gasteiger partial charge in [-0.15, -0.1) is 34.0 Å². The first kappa shape index (κ1) is 15.0. The van der Waals surface area contributed by atoms with Crippen molar-refractivity contribution in [3.8, 4) is 20.2 Å². The van der Waals surface area contributed by atoms with Crippen LogP contribution in [0.5, 0.6) is 0 Å². The fourth-order valence-electron chi connectivity index (χ4n) is 2.60. The van der Waals surface area contributed by atoms with Gasteiger partial charge in [0, 0.05) is 15.3 Å². The van der Waals surface area contributed by atoms with Crippen LogP contribution < -0.4 is 0 Å². The van der Waals surface area contributed by atoms with E-state index in [0.717, 1.165) is 0 Å². The van der Waals surface area contributed by atoms with Gasteiger partial charge in [0.15, 0.2) is 0 Å². The highest BCUT2D eigenvalue weighted by Gasteiger charge is 2.16. The quantitative estimate of drug-likeness (QED) is 0.397. The van der Waals surface area contributed by atoms with Crippen molar-refractivity contribution < 1.29 is 0 Å². The van der Waals surface area contributed by atoms with E-state index in [1.54, 1.807) is 5.56 Å². The molecule has 0 fully saturated rings. The first-order chi connectivity index (χ1) is 10.4. The average molecular weight is 333 g/mol. The zero-order valence-corrected chi connectivity index (χ0v) is 14.8. The summed E-state index contributed by atoms with van der Waals surface area (Å²) in [6.45, 7) is 2.27. The van der Waals surface area contributed by atoms with Crippen LogP contribution in [0.1, 0.15) is 38.2 Å². The third kappa shape index (κ3) is 3.47. The monoisotopic (exact) mass is 332 g/mol. The lowest BCUT2D eigenvalue weighted by Gasteiger charge is -2.05. The summed E-state index contributed by atoms with van der Waals surface area (Å²) >= 11 is 5.62. The second kappa shape index (κ2) is 7.39. The predicted molar refractivity (Wildman–Crippen MR) is 98.8 cm³/mol. The van der Waals surface area contributed by atoms with Gasteiger partial charge < -0.3 is 0 Å². The van der Waals surface area contributed by atoms with E-state index in [1.165, 1.54) is 52.3 Å². The van der Waals surface area contributed by atoms with Gasteiger partial charge in [-0.05, 0) is 46.7 Å². The SMILES string of the molecule is CCCCCCc1csc(-c2cccs2)c1-c1cccs1. The summed E-state index contributed by atoms with van der Waals surface area (Å²) in [7, 11) is 0. The minimum absolute atomic E-state index is 1.22. The number of rotatable bonds is 7. The van der Waals surface area contributed by atoms with E-state index < -0.39 is 0 Å². The van der Waals surface area contributed by atoms with Crippen LogP contribution in [-0.4, -0.2) is 0 Å². The molecule has 0 aromatic carbocycles. The van der Waals surface area contributed by atoms with Crippen molar-refractivity contribution in [1.29, 1.82) is 0 Å². The molecule has 3 heterocycles. The summed E-state index contributed by atoms with van der Waals surface area (Å²) in [6.07, 6.45) is 6.55. The maximum Gasteiger partial charge on any atom is 0.0531 e. The molecule has 0 saturated heterocycles. The van der Waals surface area contributed by atoms with Crippen molar-refractivity contribution in [3.63, 3.8) is 0 Å². The molecular formula is C18H20S3. The fourth-order valence-corrected chi connectivity index (χ4v) is 5.47. The second-order valence-electron chi connectivity index (χ2n) is 5.23. The van der Waals surface area contributed by atoms with Crippen LogP contribution in [0.3, 0.4) is 0 Å². The Morgan fingerprint density at radius 2 is 1.62 bits per heavy atom. The molecular weight excluding hydrogens is 312 g/mol. The van der Waals surface area contributed by atoms with E-state index in [9.17, 15) is 0 Å². The van der Waals surface area contributed by atoms with Crippen LogP contribution in [0.2, 0.25) is 0 Å². The molecule has 3 aromatic rings. The molecule has 0 spiro atoms. The number of hydrogen-bond donors (Lipinski definition) is 0. The number of thiophene rings is 3.